The van der Waals surface area contributed by atoms with Gasteiger partial charge in [0.2, 0.25) is 0 Å². The van der Waals surface area contributed by atoms with Crippen LogP contribution in [0, 0.1) is 0 Å². The monoisotopic (exact) mass is 460 g/mol. The van der Waals surface area contributed by atoms with Gasteiger partial charge in [-0.3, -0.25) is 9.36 Å². The maximum atomic E-state index is 13.2. The van der Waals surface area contributed by atoms with E-state index in [1.165, 1.54) is 6.20 Å². The van der Waals surface area contributed by atoms with E-state index < -0.39 is 17.6 Å². The highest BCUT2D eigenvalue weighted by Crippen LogP contribution is 2.44. The van der Waals surface area contributed by atoms with Crippen molar-refractivity contribution in [3.63, 3.8) is 0 Å². The Bertz CT molecular complexity index is 1220. The highest BCUT2D eigenvalue weighted by molar-refractivity contribution is 5.76. The molecule has 5 heterocycles. The molecule has 1 unspecified atom stereocenters. The molecule has 1 spiro atoms. The molecule has 1 atom stereocenters. The molecule has 1 fully saturated rings. The third kappa shape index (κ3) is 3.58. The van der Waals surface area contributed by atoms with Crippen molar-refractivity contribution in [3.05, 3.63) is 47.5 Å². The maximum Gasteiger partial charge on any atom is 0.419 e. The number of anilines is 1. The van der Waals surface area contributed by atoms with Crippen LogP contribution in [-0.4, -0.2) is 48.6 Å². The lowest BCUT2D eigenvalue weighted by Gasteiger charge is -2.47. The van der Waals surface area contributed by atoms with Gasteiger partial charge >= 0.3 is 12.2 Å². The highest BCUT2D eigenvalue weighted by atomic mass is 19.4. The number of likely N-dealkylation sites (tertiary alicyclic amines) is 1. The lowest BCUT2D eigenvalue weighted by atomic mass is 9.76. The molecule has 5 rings (SSSR count). The van der Waals surface area contributed by atoms with E-state index in [-0.39, 0.29) is 23.1 Å². The normalized spacial score (nSPS) is 17.7. The van der Waals surface area contributed by atoms with Gasteiger partial charge in [0.1, 0.15) is 5.82 Å². The average molecular weight is 460 g/mol. The van der Waals surface area contributed by atoms with Gasteiger partial charge in [-0.1, -0.05) is 0 Å². The van der Waals surface area contributed by atoms with Crippen LogP contribution in [0.3, 0.4) is 0 Å². The second-order valence-corrected chi connectivity index (χ2v) is 8.80. The molecule has 12 heteroatoms. The van der Waals surface area contributed by atoms with Crippen molar-refractivity contribution in [1.29, 1.82) is 0 Å². The van der Waals surface area contributed by atoms with Gasteiger partial charge in [0.25, 0.3) is 0 Å². The molecular weight excluding hydrogens is 437 g/mol. The third-order valence-electron chi connectivity index (χ3n) is 6.48. The first-order chi connectivity index (χ1) is 15.6. The topological polar surface area (TPSA) is 107 Å². The molecule has 0 bridgehead atoms. The van der Waals surface area contributed by atoms with Crippen LogP contribution in [0.1, 0.15) is 36.2 Å². The Kier molecular flexibility index (Phi) is 4.66. The number of urea groups is 1. The molecule has 0 saturated carbocycles. The number of pyridine rings is 1. The zero-order chi connectivity index (χ0) is 23.5. The SMILES string of the molecule is CC(NC(=O)N1CC2(CCn3nc(-c4cnc(N)c(C(F)(F)F)c4)cc32)C1)c1cnn(C)c1. The largest absolute Gasteiger partial charge is 0.419 e. The van der Waals surface area contributed by atoms with Gasteiger partial charge in [-0.15, -0.1) is 0 Å². The summed E-state index contributed by atoms with van der Waals surface area (Å²) in [6.45, 7) is 3.59. The molecule has 0 aliphatic carbocycles. The van der Waals surface area contributed by atoms with Crippen LogP contribution in [0.2, 0.25) is 0 Å². The van der Waals surface area contributed by atoms with Gasteiger partial charge in [0.15, 0.2) is 0 Å². The number of carbonyl (C=O) groups excluding carboxylic acids is 1. The minimum atomic E-state index is -4.59. The second kappa shape index (κ2) is 7.22. The number of halogens is 3. The Balaban J connectivity index is 1.30. The molecule has 3 N–H and O–H groups in total. The molecule has 3 aromatic heterocycles. The van der Waals surface area contributed by atoms with Crippen LogP contribution in [0.25, 0.3) is 11.3 Å². The molecule has 0 radical (unpaired) electrons. The first-order valence-electron chi connectivity index (χ1n) is 10.5. The van der Waals surface area contributed by atoms with Gasteiger partial charge in [0, 0.05) is 61.3 Å². The van der Waals surface area contributed by atoms with Gasteiger partial charge < -0.3 is 16.0 Å². The summed E-state index contributed by atoms with van der Waals surface area (Å²) in [4.78, 5) is 18.1. The van der Waals surface area contributed by atoms with Crippen molar-refractivity contribution < 1.29 is 18.0 Å². The predicted molar refractivity (Wildman–Crippen MR) is 113 cm³/mol. The lowest BCUT2D eigenvalue weighted by molar-refractivity contribution is -0.137. The fourth-order valence-corrected chi connectivity index (χ4v) is 4.62. The van der Waals surface area contributed by atoms with Crippen LogP contribution in [0.4, 0.5) is 23.8 Å². The minimum Gasteiger partial charge on any atom is -0.383 e. The fourth-order valence-electron chi connectivity index (χ4n) is 4.62. The molecule has 3 aromatic rings. The number of aryl methyl sites for hydroxylation is 2. The molecule has 2 aliphatic rings. The molecule has 1 saturated heterocycles. The van der Waals surface area contributed by atoms with E-state index in [1.54, 1.807) is 21.8 Å². The van der Waals surface area contributed by atoms with E-state index in [0.717, 1.165) is 23.7 Å². The summed E-state index contributed by atoms with van der Waals surface area (Å²) in [5.41, 5.74) is 6.70. The second-order valence-electron chi connectivity index (χ2n) is 8.80. The van der Waals surface area contributed by atoms with Crippen molar-refractivity contribution in [2.45, 2.75) is 37.5 Å². The highest BCUT2D eigenvalue weighted by Gasteiger charge is 2.51. The number of rotatable bonds is 3. The first kappa shape index (κ1) is 21.3. The number of carbonyl (C=O) groups is 1. The zero-order valence-electron chi connectivity index (χ0n) is 18.1. The van der Waals surface area contributed by atoms with Crippen molar-refractivity contribution in [2.24, 2.45) is 7.05 Å². The molecular formula is C21H23F3N8O. The summed E-state index contributed by atoms with van der Waals surface area (Å²) in [6, 6.07) is 2.44. The summed E-state index contributed by atoms with van der Waals surface area (Å²) < 4.78 is 43.1. The van der Waals surface area contributed by atoms with Crippen molar-refractivity contribution in [3.8, 4) is 11.3 Å². The molecule has 2 amide bonds. The Labute approximate surface area is 187 Å². The number of fused-ring (bicyclic) bond motifs is 2. The van der Waals surface area contributed by atoms with Crippen molar-refractivity contribution >= 4 is 11.8 Å². The summed E-state index contributed by atoms with van der Waals surface area (Å²) in [6.07, 6.45) is 1.11. The minimum absolute atomic E-state index is 0.160. The number of nitrogen functional groups attached to an aromatic ring is 1. The molecule has 2 aliphatic heterocycles. The lowest BCUT2D eigenvalue weighted by Crippen LogP contribution is -2.62. The third-order valence-corrected chi connectivity index (χ3v) is 6.48. The quantitative estimate of drug-likeness (QED) is 0.625. The van der Waals surface area contributed by atoms with Crippen LogP contribution in [0.5, 0.6) is 0 Å². The molecule has 33 heavy (non-hydrogen) atoms. The van der Waals surface area contributed by atoms with Crippen molar-refractivity contribution in [2.75, 3.05) is 18.8 Å². The molecule has 174 valence electrons. The number of nitrogens with one attached hydrogen (secondary N) is 1. The molecule has 9 nitrogen and oxygen atoms in total. The number of hydrogen-bond acceptors (Lipinski definition) is 5. The molecule has 0 aromatic carbocycles. The average Bonchev–Trinajstić information content (AvgIpc) is 3.40. The van der Waals surface area contributed by atoms with Crippen LogP contribution in [-0.2, 0) is 25.2 Å². The number of aromatic nitrogens is 5. The van der Waals surface area contributed by atoms with Crippen LogP contribution in [0.15, 0.2) is 30.7 Å². The Morgan fingerprint density at radius 1 is 1.27 bits per heavy atom. The van der Waals surface area contributed by atoms with Crippen LogP contribution >= 0.6 is 0 Å². The van der Waals surface area contributed by atoms with E-state index in [2.05, 4.69) is 20.5 Å². The van der Waals surface area contributed by atoms with E-state index in [0.29, 0.717) is 25.3 Å². The van der Waals surface area contributed by atoms with Crippen molar-refractivity contribution in [1.82, 2.24) is 34.8 Å². The van der Waals surface area contributed by atoms with E-state index >= 15 is 0 Å². The summed E-state index contributed by atoms with van der Waals surface area (Å²) in [5, 5.41) is 11.6. The number of amides is 2. The summed E-state index contributed by atoms with van der Waals surface area (Å²) in [5.74, 6) is -0.560. The fraction of sp³-hybridized carbons (Fsp3) is 0.429. The summed E-state index contributed by atoms with van der Waals surface area (Å²) in [7, 11) is 1.82. The van der Waals surface area contributed by atoms with Gasteiger partial charge in [-0.2, -0.15) is 23.4 Å². The van der Waals surface area contributed by atoms with Gasteiger partial charge in [0.05, 0.1) is 23.5 Å². The first-order valence-corrected chi connectivity index (χ1v) is 10.5. The number of nitrogens with zero attached hydrogens (tertiary/aromatic N) is 6. The number of nitrogens with two attached hydrogens (primary N) is 1. The maximum absolute atomic E-state index is 13.2. The van der Waals surface area contributed by atoms with Gasteiger partial charge in [-0.25, -0.2) is 9.78 Å². The van der Waals surface area contributed by atoms with E-state index in [9.17, 15) is 18.0 Å². The van der Waals surface area contributed by atoms with Crippen LogP contribution < -0.4 is 11.1 Å². The van der Waals surface area contributed by atoms with E-state index in [1.807, 2.05) is 24.9 Å². The number of alkyl halides is 3. The number of hydrogen-bond donors (Lipinski definition) is 2. The summed E-state index contributed by atoms with van der Waals surface area (Å²) >= 11 is 0. The zero-order valence-corrected chi connectivity index (χ0v) is 18.1. The van der Waals surface area contributed by atoms with Gasteiger partial charge in [-0.05, 0) is 25.5 Å². The van der Waals surface area contributed by atoms with E-state index in [4.69, 9.17) is 5.73 Å². The standard InChI is InChI=1S/C21H23F3N8O/c1-12(14-8-27-30(2)9-14)28-19(33)31-10-20(11-31)3-4-32-17(20)6-16(29-32)13-5-15(21(22,23)24)18(25)26-7-13/h5-9,12H,3-4,10-11H2,1-2H3,(H2,25,26)(H,28,33). The predicted octanol–water partition coefficient (Wildman–Crippen LogP) is 2.71. The Morgan fingerprint density at radius 2 is 2.03 bits per heavy atom. The Hall–Kier alpha value is -3.57. The smallest absolute Gasteiger partial charge is 0.383 e. The Morgan fingerprint density at radius 3 is 2.70 bits per heavy atom.